The molecule has 1 unspecified atom stereocenters. The van der Waals surface area contributed by atoms with Crippen LogP contribution in [0.4, 0.5) is 0 Å². The normalized spacial score (nSPS) is 14.6. The molecule has 1 amide bonds. The summed E-state index contributed by atoms with van der Waals surface area (Å²) in [5.74, 6) is -0.447. The van der Waals surface area contributed by atoms with E-state index in [1.165, 1.54) is 19.2 Å². The van der Waals surface area contributed by atoms with Crippen LogP contribution in [0.15, 0.2) is 29.2 Å². The van der Waals surface area contributed by atoms with Crippen molar-refractivity contribution in [3.63, 3.8) is 0 Å². The molecule has 0 spiro atoms. The number of aliphatic hydroxyl groups is 1. The average Bonchev–Trinajstić information content (AvgIpc) is 2.42. The SMILES string of the molecule is CNC(=O)C(O)CN[C@@H](C)c1ccc(S(C)(=O)=O)cc1. The molecule has 0 heterocycles. The lowest BCUT2D eigenvalue weighted by atomic mass is 10.1. The molecule has 0 aliphatic carbocycles. The maximum atomic E-state index is 11.3. The fraction of sp³-hybridized carbons (Fsp3) is 0.462. The highest BCUT2D eigenvalue weighted by molar-refractivity contribution is 7.90. The summed E-state index contributed by atoms with van der Waals surface area (Å²) in [4.78, 5) is 11.4. The van der Waals surface area contributed by atoms with Crippen LogP contribution < -0.4 is 10.6 Å². The van der Waals surface area contributed by atoms with E-state index >= 15 is 0 Å². The van der Waals surface area contributed by atoms with Crippen molar-refractivity contribution < 1.29 is 18.3 Å². The molecule has 6 nitrogen and oxygen atoms in total. The second-order valence-electron chi connectivity index (χ2n) is 4.60. The molecule has 0 fully saturated rings. The zero-order chi connectivity index (χ0) is 15.3. The highest BCUT2D eigenvalue weighted by atomic mass is 32.2. The van der Waals surface area contributed by atoms with Gasteiger partial charge in [-0.3, -0.25) is 4.79 Å². The van der Waals surface area contributed by atoms with Crippen molar-refractivity contribution in [3.8, 4) is 0 Å². The standard InChI is InChI=1S/C13H20N2O4S/c1-9(15-8-12(16)13(17)14-2)10-4-6-11(7-5-10)20(3,18)19/h4-7,9,12,15-16H,8H2,1-3H3,(H,14,17)/t9-,12?/m0/s1. The largest absolute Gasteiger partial charge is 0.382 e. The number of likely N-dealkylation sites (N-methyl/N-ethyl adjacent to an activating group) is 1. The van der Waals surface area contributed by atoms with Gasteiger partial charge in [0.15, 0.2) is 9.84 Å². The first-order chi connectivity index (χ1) is 9.25. The van der Waals surface area contributed by atoms with Gasteiger partial charge >= 0.3 is 0 Å². The minimum atomic E-state index is -3.20. The van der Waals surface area contributed by atoms with Gasteiger partial charge < -0.3 is 15.7 Å². The van der Waals surface area contributed by atoms with Gasteiger partial charge in [-0.05, 0) is 24.6 Å². The van der Waals surface area contributed by atoms with Gasteiger partial charge in [-0.1, -0.05) is 12.1 Å². The van der Waals surface area contributed by atoms with Crippen LogP contribution in [-0.2, 0) is 14.6 Å². The molecule has 2 atom stereocenters. The molecule has 0 bridgehead atoms. The number of benzene rings is 1. The second kappa shape index (κ2) is 6.83. The van der Waals surface area contributed by atoms with Gasteiger partial charge in [-0.25, -0.2) is 8.42 Å². The van der Waals surface area contributed by atoms with Crippen molar-refractivity contribution in [1.82, 2.24) is 10.6 Å². The van der Waals surface area contributed by atoms with E-state index in [0.717, 1.165) is 11.8 Å². The number of rotatable bonds is 6. The lowest BCUT2D eigenvalue weighted by Gasteiger charge is -2.17. The Morgan fingerprint density at radius 3 is 2.30 bits per heavy atom. The molecule has 3 N–H and O–H groups in total. The summed E-state index contributed by atoms with van der Waals surface area (Å²) < 4.78 is 22.7. The Morgan fingerprint density at radius 1 is 1.30 bits per heavy atom. The molecular weight excluding hydrogens is 280 g/mol. The van der Waals surface area contributed by atoms with Crippen molar-refractivity contribution >= 4 is 15.7 Å². The van der Waals surface area contributed by atoms with Crippen molar-refractivity contribution in [2.45, 2.75) is 24.0 Å². The van der Waals surface area contributed by atoms with E-state index in [1.54, 1.807) is 12.1 Å². The number of carbonyl (C=O) groups excluding carboxylic acids is 1. The summed E-state index contributed by atoms with van der Waals surface area (Å²) >= 11 is 0. The lowest BCUT2D eigenvalue weighted by Crippen LogP contribution is -2.40. The first-order valence-corrected chi connectivity index (χ1v) is 8.08. The van der Waals surface area contributed by atoms with Gasteiger partial charge in [0.2, 0.25) is 5.91 Å². The number of carbonyl (C=O) groups is 1. The molecule has 20 heavy (non-hydrogen) atoms. The number of nitrogens with one attached hydrogen (secondary N) is 2. The van der Waals surface area contributed by atoms with Gasteiger partial charge in [0.05, 0.1) is 4.90 Å². The number of hydrogen-bond donors (Lipinski definition) is 3. The maximum Gasteiger partial charge on any atom is 0.249 e. The number of aliphatic hydroxyl groups excluding tert-OH is 1. The molecule has 1 aromatic rings. The summed E-state index contributed by atoms with van der Waals surface area (Å²) in [6.45, 7) is 1.99. The van der Waals surface area contributed by atoms with Crippen LogP contribution >= 0.6 is 0 Å². The smallest absolute Gasteiger partial charge is 0.249 e. The Balaban J connectivity index is 2.65. The van der Waals surface area contributed by atoms with E-state index in [1.807, 2.05) is 6.92 Å². The fourth-order valence-electron chi connectivity index (χ4n) is 1.67. The number of sulfone groups is 1. The van der Waals surface area contributed by atoms with E-state index in [2.05, 4.69) is 10.6 Å². The first-order valence-electron chi connectivity index (χ1n) is 6.18. The molecule has 1 rings (SSSR count). The molecule has 0 saturated heterocycles. The summed E-state index contributed by atoms with van der Waals surface area (Å²) in [6.07, 6.45) is 0.0430. The molecule has 7 heteroatoms. The number of hydrogen-bond acceptors (Lipinski definition) is 5. The Hall–Kier alpha value is -1.44. The Bertz CT molecular complexity index is 554. The van der Waals surface area contributed by atoms with Crippen molar-refractivity contribution in [1.29, 1.82) is 0 Å². The zero-order valence-corrected chi connectivity index (χ0v) is 12.6. The van der Waals surface area contributed by atoms with Crippen LogP contribution in [0.25, 0.3) is 0 Å². The van der Waals surface area contributed by atoms with Crippen LogP contribution in [0.2, 0.25) is 0 Å². The molecule has 0 aliphatic heterocycles. The predicted molar refractivity (Wildman–Crippen MR) is 76.0 cm³/mol. The summed E-state index contributed by atoms with van der Waals surface area (Å²) in [6, 6.07) is 6.39. The average molecular weight is 300 g/mol. The monoisotopic (exact) mass is 300 g/mol. The van der Waals surface area contributed by atoms with E-state index < -0.39 is 21.8 Å². The number of amides is 1. The summed E-state index contributed by atoms with van der Waals surface area (Å²) in [5.41, 5.74) is 0.876. The van der Waals surface area contributed by atoms with E-state index in [-0.39, 0.29) is 17.5 Å². The van der Waals surface area contributed by atoms with Gasteiger partial charge in [-0.15, -0.1) is 0 Å². The quantitative estimate of drug-likeness (QED) is 0.679. The van der Waals surface area contributed by atoms with Gasteiger partial charge in [0.25, 0.3) is 0 Å². The molecule has 0 saturated carbocycles. The van der Waals surface area contributed by atoms with Crippen molar-refractivity contribution in [2.24, 2.45) is 0 Å². The Kier molecular flexibility index (Phi) is 5.67. The minimum absolute atomic E-state index is 0.108. The molecular formula is C13H20N2O4S. The highest BCUT2D eigenvalue weighted by Crippen LogP contribution is 2.16. The second-order valence-corrected chi connectivity index (χ2v) is 6.62. The van der Waals surface area contributed by atoms with Gasteiger partial charge in [0, 0.05) is 25.9 Å². The van der Waals surface area contributed by atoms with E-state index in [4.69, 9.17) is 0 Å². The van der Waals surface area contributed by atoms with E-state index in [0.29, 0.717) is 0 Å². The molecule has 0 radical (unpaired) electrons. The molecule has 1 aromatic carbocycles. The van der Waals surface area contributed by atoms with Crippen LogP contribution in [-0.4, -0.2) is 45.4 Å². The molecule has 112 valence electrons. The fourth-order valence-corrected chi connectivity index (χ4v) is 2.30. The summed E-state index contributed by atoms with van der Waals surface area (Å²) in [5, 5.41) is 14.9. The maximum absolute atomic E-state index is 11.3. The van der Waals surface area contributed by atoms with Crippen LogP contribution in [0.1, 0.15) is 18.5 Å². The highest BCUT2D eigenvalue weighted by Gasteiger charge is 2.15. The van der Waals surface area contributed by atoms with Crippen LogP contribution in [0, 0.1) is 0 Å². The van der Waals surface area contributed by atoms with Gasteiger partial charge in [-0.2, -0.15) is 0 Å². The van der Waals surface area contributed by atoms with Gasteiger partial charge in [0.1, 0.15) is 6.10 Å². The lowest BCUT2D eigenvalue weighted by molar-refractivity contribution is -0.128. The first kappa shape index (κ1) is 16.6. The molecule has 0 aromatic heterocycles. The molecule has 0 aliphatic rings. The van der Waals surface area contributed by atoms with Crippen molar-refractivity contribution in [3.05, 3.63) is 29.8 Å². The zero-order valence-electron chi connectivity index (χ0n) is 11.8. The Morgan fingerprint density at radius 2 is 1.85 bits per heavy atom. The summed E-state index contributed by atoms with van der Waals surface area (Å²) in [7, 11) is -1.74. The van der Waals surface area contributed by atoms with E-state index in [9.17, 15) is 18.3 Å². The Labute approximate surface area is 119 Å². The van der Waals surface area contributed by atoms with Crippen molar-refractivity contribution in [2.75, 3.05) is 19.8 Å². The third kappa shape index (κ3) is 4.59. The van der Waals surface area contributed by atoms with Crippen LogP contribution in [0.3, 0.4) is 0 Å². The third-order valence-electron chi connectivity index (χ3n) is 2.97. The third-order valence-corrected chi connectivity index (χ3v) is 4.10. The topological polar surface area (TPSA) is 95.5 Å². The predicted octanol–water partition coefficient (Wildman–Crippen LogP) is -0.152. The minimum Gasteiger partial charge on any atom is -0.382 e. The van der Waals surface area contributed by atoms with Crippen LogP contribution in [0.5, 0.6) is 0 Å².